The van der Waals surface area contributed by atoms with Gasteiger partial charge in [-0.3, -0.25) is 19.3 Å². The van der Waals surface area contributed by atoms with Gasteiger partial charge in [0.2, 0.25) is 5.91 Å². The molecule has 3 aliphatic heterocycles. The van der Waals surface area contributed by atoms with Crippen molar-refractivity contribution in [1.29, 1.82) is 0 Å². The molecule has 4 heterocycles. The van der Waals surface area contributed by atoms with Crippen molar-refractivity contribution in [1.82, 2.24) is 19.8 Å². The van der Waals surface area contributed by atoms with Crippen molar-refractivity contribution in [2.45, 2.75) is 25.0 Å². The maximum Gasteiger partial charge on any atom is 0.260 e. The Morgan fingerprint density at radius 1 is 0.917 bits per heavy atom. The van der Waals surface area contributed by atoms with Gasteiger partial charge in [-0.2, -0.15) is 0 Å². The number of H-pyrrole nitrogens is 1. The van der Waals surface area contributed by atoms with Crippen LogP contribution in [0.1, 0.15) is 57.2 Å². The molecular weight excluding hydrogens is 454 g/mol. The van der Waals surface area contributed by atoms with Crippen molar-refractivity contribution in [2.24, 2.45) is 0 Å². The van der Waals surface area contributed by atoms with E-state index in [1.54, 1.807) is 34.1 Å². The lowest BCUT2D eigenvalue weighted by atomic mass is 10.0. The number of imidazole rings is 1. The quantitative estimate of drug-likeness (QED) is 0.482. The van der Waals surface area contributed by atoms with E-state index in [2.05, 4.69) is 4.98 Å². The Morgan fingerprint density at radius 2 is 1.67 bits per heavy atom. The highest BCUT2D eigenvalue weighted by Gasteiger charge is 2.48. The highest BCUT2D eigenvalue weighted by atomic mass is 16.2. The number of amides is 3. The summed E-state index contributed by atoms with van der Waals surface area (Å²) in [5.74, 6) is 0.210. The average Bonchev–Trinajstić information content (AvgIpc) is 3.63. The van der Waals surface area contributed by atoms with Crippen LogP contribution in [0.25, 0.3) is 11.0 Å². The molecule has 2 atom stereocenters. The normalized spacial score (nSPS) is 20.6. The monoisotopic (exact) mass is 477 g/mol. The van der Waals surface area contributed by atoms with Crippen LogP contribution in [-0.4, -0.2) is 50.6 Å². The van der Waals surface area contributed by atoms with Gasteiger partial charge in [0.05, 0.1) is 28.3 Å². The third-order valence-electron chi connectivity index (χ3n) is 7.48. The van der Waals surface area contributed by atoms with Crippen LogP contribution in [0.15, 0.2) is 72.8 Å². The predicted molar refractivity (Wildman–Crippen MR) is 133 cm³/mol. The average molecular weight is 478 g/mol. The number of para-hydroxylation sites is 3. The highest BCUT2D eigenvalue weighted by molar-refractivity contribution is 6.17. The number of aromatic amines is 1. The molecule has 3 aromatic carbocycles. The van der Waals surface area contributed by atoms with Gasteiger partial charge in [-0.15, -0.1) is 0 Å². The van der Waals surface area contributed by atoms with Gasteiger partial charge in [0.15, 0.2) is 0 Å². The van der Waals surface area contributed by atoms with E-state index in [9.17, 15) is 14.4 Å². The van der Waals surface area contributed by atoms with Crippen molar-refractivity contribution < 1.29 is 14.4 Å². The first-order valence-electron chi connectivity index (χ1n) is 12.2. The minimum absolute atomic E-state index is 0.118. The molecule has 178 valence electrons. The van der Waals surface area contributed by atoms with E-state index in [0.717, 1.165) is 35.3 Å². The van der Waals surface area contributed by atoms with Crippen LogP contribution in [0.2, 0.25) is 0 Å². The third kappa shape index (κ3) is 2.94. The summed E-state index contributed by atoms with van der Waals surface area (Å²) >= 11 is 0. The van der Waals surface area contributed by atoms with Crippen LogP contribution in [0.5, 0.6) is 0 Å². The van der Waals surface area contributed by atoms with E-state index in [1.165, 1.54) is 0 Å². The molecule has 1 fully saturated rings. The summed E-state index contributed by atoms with van der Waals surface area (Å²) in [6.07, 6.45) is 1.02. The Kier molecular flexibility index (Phi) is 4.51. The topological polar surface area (TPSA) is 89.6 Å². The molecule has 4 aromatic rings. The zero-order valence-electron chi connectivity index (χ0n) is 19.4. The van der Waals surface area contributed by atoms with Crippen LogP contribution >= 0.6 is 0 Å². The molecule has 3 aliphatic rings. The fourth-order valence-corrected chi connectivity index (χ4v) is 5.85. The Balaban J connectivity index is 1.24. The first-order chi connectivity index (χ1) is 17.6. The number of nitrogens with zero attached hydrogens (tertiary/aromatic N) is 4. The van der Waals surface area contributed by atoms with Crippen molar-refractivity contribution in [3.05, 3.63) is 95.3 Å². The number of hydrogen-bond donors (Lipinski definition) is 1. The van der Waals surface area contributed by atoms with Crippen LogP contribution in [0.4, 0.5) is 5.69 Å². The summed E-state index contributed by atoms with van der Waals surface area (Å²) in [6.45, 7) is 0.482. The molecule has 1 N–H and O–H groups in total. The number of likely N-dealkylation sites (tertiary alicyclic amines) is 1. The molecular formula is C28H23N5O3. The molecule has 0 radical (unpaired) electrons. The molecule has 3 amide bonds. The Morgan fingerprint density at radius 3 is 2.53 bits per heavy atom. The highest BCUT2D eigenvalue weighted by Crippen LogP contribution is 2.45. The minimum Gasteiger partial charge on any atom is -0.340 e. The van der Waals surface area contributed by atoms with Gasteiger partial charge in [0.25, 0.3) is 11.8 Å². The maximum atomic E-state index is 13.7. The third-order valence-corrected chi connectivity index (χ3v) is 7.48. The van der Waals surface area contributed by atoms with E-state index in [-0.39, 0.29) is 30.3 Å². The summed E-state index contributed by atoms with van der Waals surface area (Å²) in [7, 11) is 0. The van der Waals surface area contributed by atoms with Crippen LogP contribution in [0, 0.1) is 0 Å². The smallest absolute Gasteiger partial charge is 0.260 e. The summed E-state index contributed by atoms with van der Waals surface area (Å²) < 4.78 is 0. The number of carbonyl (C=O) groups is 3. The van der Waals surface area contributed by atoms with Gasteiger partial charge in [0.1, 0.15) is 18.5 Å². The number of rotatable bonds is 3. The molecule has 7 rings (SSSR count). The van der Waals surface area contributed by atoms with Gasteiger partial charge < -0.3 is 14.8 Å². The van der Waals surface area contributed by atoms with Crippen molar-refractivity contribution in [2.75, 3.05) is 18.0 Å². The minimum atomic E-state index is -0.646. The SMILES string of the molecule is O=C1c2ccccc2N2C(=O)c3ccccc3C2N1CC(=O)N1CCC[C@H]1c1nc2ccccc2[nH]1. The molecule has 0 bridgehead atoms. The maximum absolute atomic E-state index is 13.7. The van der Waals surface area contributed by atoms with Gasteiger partial charge in [0, 0.05) is 17.7 Å². The van der Waals surface area contributed by atoms with E-state index >= 15 is 0 Å². The van der Waals surface area contributed by atoms with E-state index in [4.69, 9.17) is 4.98 Å². The van der Waals surface area contributed by atoms with Gasteiger partial charge >= 0.3 is 0 Å². The molecule has 0 spiro atoms. The fraction of sp³-hybridized carbons (Fsp3) is 0.214. The zero-order chi connectivity index (χ0) is 24.4. The first-order valence-corrected chi connectivity index (χ1v) is 12.2. The van der Waals surface area contributed by atoms with Crippen molar-refractivity contribution >= 4 is 34.4 Å². The number of anilines is 1. The van der Waals surface area contributed by atoms with Crippen LogP contribution in [-0.2, 0) is 4.79 Å². The molecule has 1 saturated heterocycles. The molecule has 0 aliphatic carbocycles. The standard InChI is InChI=1S/C28H23N5O3/c34-24(31-15-7-14-23(31)25-29-20-11-4-5-12-21(20)30-25)16-32-26-17-8-1-2-9-18(17)28(36)33(26)22-13-6-3-10-19(22)27(32)35/h1-6,8-13,23,26H,7,14-16H2,(H,29,30)/t23-,26?/m0/s1. The second-order valence-corrected chi connectivity index (χ2v) is 9.47. The predicted octanol–water partition coefficient (Wildman–Crippen LogP) is 4.04. The second kappa shape index (κ2) is 7.78. The van der Waals surface area contributed by atoms with Gasteiger partial charge in [-0.05, 0) is 43.2 Å². The Bertz CT molecular complexity index is 1530. The Hall–Kier alpha value is -4.46. The Labute approximate surface area is 207 Å². The second-order valence-electron chi connectivity index (χ2n) is 9.47. The molecule has 8 heteroatoms. The number of hydrogen-bond acceptors (Lipinski definition) is 4. The number of carbonyl (C=O) groups excluding carboxylic acids is 3. The summed E-state index contributed by atoms with van der Waals surface area (Å²) in [5.41, 5.74) is 4.12. The summed E-state index contributed by atoms with van der Waals surface area (Å²) in [5, 5.41) is 0. The summed E-state index contributed by atoms with van der Waals surface area (Å²) in [4.78, 5) is 53.9. The molecule has 8 nitrogen and oxygen atoms in total. The molecule has 36 heavy (non-hydrogen) atoms. The number of aromatic nitrogens is 2. The van der Waals surface area contributed by atoms with Gasteiger partial charge in [-0.25, -0.2) is 4.98 Å². The summed E-state index contributed by atoms with van der Waals surface area (Å²) in [6, 6.07) is 22.1. The number of benzene rings is 3. The van der Waals surface area contributed by atoms with E-state index < -0.39 is 6.17 Å². The number of fused-ring (bicyclic) bond motifs is 6. The van der Waals surface area contributed by atoms with Crippen LogP contribution in [0.3, 0.4) is 0 Å². The molecule has 1 aromatic heterocycles. The van der Waals surface area contributed by atoms with Gasteiger partial charge in [-0.1, -0.05) is 42.5 Å². The lowest BCUT2D eigenvalue weighted by Crippen LogP contribution is -2.52. The zero-order valence-corrected chi connectivity index (χ0v) is 19.4. The lowest BCUT2D eigenvalue weighted by Gasteiger charge is -2.41. The fourth-order valence-electron chi connectivity index (χ4n) is 5.85. The van der Waals surface area contributed by atoms with E-state index in [1.807, 2.05) is 53.4 Å². The first kappa shape index (κ1) is 20.9. The molecule has 0 saturated carbocycles. The molecule has 1 unspecified atom stereocenters. The van der Waals surface area contributed by atoms with E-state index in [0.29, 0.717) is 23.4 Å². The van der Waals surface area contributed by atoms with Crippen LogP contribution < -0.4 is 4.90 Å². The van der Waals surface area contributed by atoms with Crippen molar-refractivity contribution in [3.8, 4) is 0 Å². The van der Waals surface area contributed by atoms with Crippen molar-refractivity contribution in [3.63, 3.8) is 0 Å². The lowest BCUT2D eigenvalue weighted by molar-refractivity contribution is -0.133. The number of nitrogens with one attached hydrogen (secondary N) is 1. The largest absolute Gasteiger partial charge is 0.340 e.